The Balaban J connectivity index is 2.47. The molecule has 0 aliphatic carbocycles. The van der Waals surface area contributed by atoms with E-state index in [2.05, 4.69) is 5.32 Å². The molecule has 15 heavy (non-hydrogen) atoms. The number of hydrogen-bond donors (Lipinski definition) is 1. The highest BCUT2D eigenvalue weighted by Gasteiger charge is 2.46. The van der Waals surface area contributed by atoms with E-state index in [0.717, 1.165) is 5.56 Å². The van der Waals surface area contributed by atoms with Crippen molar-refractivity contribution in [1.29, 1.82) is 0 Å². The van der Waals surface area contributed by atoms with Crippen LogP contribution in [-0.4, -0.2) is 11.8 Å². The van der Waals surface area contributed by atoms with E-state index in [4.69, 9.17) is 0 Å². The first-order chi connectivity index (χ1) is 7.19. The van der Waals surface area contributed by atoms with E-state index in [1.165, 1.54) is 0 Å². The summed E-state index contributed by atoms with van der Waals surface area (Å²) in [5, 5.41) is 2.38. The fourth-order valence-corrected chi connectivity index (χ4v) is 2.12. The molecule has 1 aromatic carbocycles. The van der Waals surface area contributed by atoms with E-state index < -0.39 is 5.41 Å². The van der Waals surface area contributed by atoms with Gasteiger partial charge >= 0.3 is 0 Å². The van der Waals surface area contributed by atoms with Gasteiger partial charge in [-0.25, -0.2) is 0 Å². The summed E-state index contributed by atoms with van der Waals surface area (Å²) in [6.07, 6.45) is 0.918. The number of benzene rings is 1. The van der Waals surface area contributed by atoms with Gasteiger partial charge in [-0.3, -0.25) is 14.9 Å². The molecule has 1 N–H and O–H groups in total. The van der Waals surface area contributed by atoms with Crippen molar-refractivity contribution in [3.8, 4) is 0 Å². The number of imide groups is 1. The number of rotatable bonds is 2. The van der Waals surface area contributed by atoms with Crippen LogP contribution in [0.15, 0.2) is 30.3 Å². The smallest absolute Gasteiger partial charge is 0.237 e. The summed E-state index contributed by atoms with van der Waals surface area (Å²) in [5.41, 5.74) is 0.286. The Morgan fingerprint density at radius 1 is 1.27 bits per heavy atom. The third-order valence-corrected chi connectivity index (χ3v) is 3.08. The minimum absolute atomic E-state index is 0.166. The fraction of sp³-hybridized carbons (Fsp3) is 0.333. The Hall–Kier alpha value is -1.64. The van der Waals surface area contributed by atoms with Crippen molar-refractivity contribution in [3.63, 3.8) is 0 Å². The first-order valence-electron chi connectivity index (χ1n) is 5.09. The van der Waals surface area contributed by atoms with Crippen LogP contribution in [0, 0.1) is 0 Å². The molecule has 2 rings (SSSR count). The van der Waals surface area contributed by atoms with Gasteiger partial charge in [0.2, 0.25) is 11.8 Å². The first-order valence-corrected chi connectivity index (χ1v) is 5.09. The summed E-state index contributed by atoms with van der Waals surface area (Å²) in [4.78, 5) is 23.1. The number of carbonyl (C=O) groups excluding carboxylic acids is 2. The molecule has 1 fully saturated rings. The molecule has 0 radical (unpaired) electrons. The molecule has 1 heterocycles. The molecule has 1 aliphatic rings. The van der Waals surface area contributed by atoms with Crippen molar-refractivity contribution in [1.82, 2.24) is 5.32 Å². The maximum Gasteiger partial charge on any atom is 0.237 e. The average molecular weight is 203 g/mol. The molecule has 0 aromatic heterocycles. The van der Waals surface area contributed by atoms with Crippen LogP contribution in [0.5, 0.6) is 0 Å². The third-order valence-electron chi connectivity index (χ3n) is 3.08. The Kier molecular flexibility index (Phi) is 2.31. The summed E-state index contributed by atoms with van der Waals surface area (Å²) < 4.78 is 0. The van der Waals surface area contributed by atoms with Crippen LogP contribution in [0.4, 0.5) is 0 Å². The van der Waals surface area contributed by atoms with Crippen LogP contribution in [0.1, 0.15) is 25.3 Å². The molecule has 0 saturated carbocycles. The molecule has 1 atom stereocenters. The molecule has 2 amide bonds. The van der Waals surface area contributed by atoms with Crippen molar-refractivity contribution in [3.05, 3.63) is 35.9 Å². The van der Waals surface area contributed by atoms with Crippen molar-refractivity contribution >= 4 is 11.8 Å². The first kappa shape index (κ1) is 9.90. The number of hydrogen-bond acceptors (Lipinski definition) is 2. The molecule has 78 valence electrons. The maximum atomic E-state index is 11.8. The number of amides is 2. The summed E-state index contributed by atoms with van der Waals surface area (Å²) in [6.45, 7) is 1.94. The molecular formula is C12H13NO2. The standard InChI is InChI=1S/C12H13NO2/c1-2-12(8-10(14)13-11(12)15)9-6-4-3-5-7-9/h3-7H,2,8H2,1H3,(H,13,14,15)/t12-/m1/s1. The topological polar surface area (TPSA) is 46.2 Å². The summed E-state index contributed by atoms with van der Waals surface area (Å²) in [7, 11) is 0. The van der Waals surface area contributed by atoms with Gasteiger partial charge in [0.1, 0.15) is 0 Å². The molecule has 1 aliphatic heterocycles. The lowest BCUT2D eigenvalue weighted by Crippen LogP contribution is -2.34. The predicted octanol–water partition coefficient (Wildman–Crippen LogP) is 1.38. The largest absolute Gasteiger partial charge is 0.296 e. The third kappa shape index (κ3) is 1.44. The van der Waals surface area contributed by atoms with E-state index in [1.807, 2.05) is 37.3 Å². The highest BCUT2D eigenvalue weighted by atomic mass is 16.2. The number of nitrogens with one attached hydrogen (secondary N) is 1. The van der Waals surface area contributed by atoms with Crippen molar-refractivity contribution in [2.75, 3.05) is 0 Å². The minimum atomic E-state index is -0.641. The normalized spacial score (nSPS) is 25.4. The Bertz CT molecular complexity index is 399. The van der Waals surface area contributed by atoms with E-state index in [9.17, 15) is 9.59 Å². The van der Waals surface area contributed by atoms with E-state index in [-0.39, 0.29) is 18.2 Å². The molecule has 0 unspecified atom stereocenters. The lowest BCUT2D eigenvalue weighted by atomic mass is 9.77. The fourth-order valence-electron chi connectivity index (χ4n) is 2.12. The van der Waals surface area contributed by atoms with Crippen LogP contribution in [-0.2, 0) is 15.0 Å². The van der Waals surface area contributed by atoms with Gasteiger partial charge in [-0.2, -0.15) is 0 Å². The van der Waals surface area contributed by atoms with Gasteiger partial charge in [0.15, 0.2) is 0 Å². The Morgan fingerprint density at radius 3 is 2.40 bits per heavy atom. The highest BCUT2D eigenvalue weighted by Crippen LogP contribution is 2.35. The van der Waals surface area contributed by atoms with Crippen LogP contribution in [0.3, 0.4) is 0 Å². The molecule has 1 saturated heterocycles. The molecule has 1 aromatic rings. The second-order valence-electron chi connectivity index (χ2n) is 3.86. The van der Waals surface area contributed by atoms with Crippen molar-refractivity contribution < 1.29 is 9.59 Å². The highest BCUT2D eigenvalue weighted by molar-refractivity contribution is 6.09. The zero-order valence-electron chi connectivity index (χ0n) is 8.62. The van der Waals surface area contributed by atoms with Gasteiger partial charge in [0.25, 0.3) is 0 Å². The SMILES string of the molecule is CC[C@]1(c2ccccc2)CC(=O)NC1=O. The second kappa shape index (κ2) is 3.50. The van der Waals surface area contributed by atoms with Gasteiger partial charge < -0.3 is 0 Å². The molecule has 0 spiro atoms. The van der Waals surface area contributed by atoms with Crippen molar-refractivity contribution in [2.45, 2.75) is 25.2 Å². The summed E-state index contributed by atoms with van der Waals surface area (Å²) in [6, 6.07) is 9.50. The van der Waals surface area contributed by atoms with Gasteiger partial charge in [0, 0.05) is 6.42 Å². The Labute approximate surface area is 88.5 Å². The van der Waals surface area contributed by atoms with Crippen molar-refractivity contribution in [2.24, 2.45) is 0 Å². The number of carbonyl (C=O) groups is 2. The average Bonchev–Trinajstić information content (AvgIpc) is 2.56. The zero-order valence-corrected chi connectivity index (χ0v) is 8.62. The monoisotopic (exact) mass is 203 g/mol. The summed E-state index contributed by atoms with van der Waals surface area (Å²) in [5.74, 6) is -0.341. The van der Waals surface area contributed by atoms with Gasteiger partial charge in [-0.1, -0.05) is 37.3 Å². The molecular weight excluding hydrogens is 190 g/mol. The second-order valence-corrected chi connectivity index (χ2v) is 3.86. The van der Waals surface area contributed by atoms with E-state index in [0.29, 0.717) is 6.42 Å². The van der Waals surface area contributed by atoms with Gasteiger partial charge in [-0.05, 0) is 12.0 Å². The van der Waals surface area contributed by atoms with Crippen LogP contribution >= 0.6 is 0 Å². The van der Waals surface area contributed by atoms with Crippen LogP contribution < -0.4 is 5.32 Å². The maximum absolute atomic E-state index is 11.8. The van der Waals surface area contributed by atoms with Gasteiger partial charge in [0.05, 0.1) is 5.41 Å². The van der Waals surface area contributed by atoms with Crippen LogP contribution in [0.2, 0.25) is 0 Å². The molecule has 0 bridgehead atoms. The van der Waals surface area contributed by atoms with E-state index in [1.54, 1.807) is 0 Å². The molecule has 3 heteroatoms. The quantitative estimate of drug-likeness (QED) is 0.738. The zero-order chi connectivity index (χ0) is 10.9. The van der Waals surface area contributed by atoms with E-state index >= 15 is 0 Å². The Morgan fingerprint density at radius 2 is 1.93 bits per heavy atom. The minimum Gasteiger partial charge on any atom is -0.296 e. The lowest BCUT2D eigenvalue weighted by Gasteiger charge is -2.23. The van der Waals surface area contributed by atoms with Crippen LogP contribution in [0.25, 0.3) is 0 Å². The lowest BCUT2D eigenvalue weighted by molar-refractivity contribution is -0.126. The molecule has 3 nitrogen and oxygen atoms in total. The summed E-state index contributed by atoms with van der Waals surface area (Å²) >= 11 is 0. The predicted molar refractivity (Wildman–Crippen MR) is 56.2 cm³/mol. The van der Waals surface area contributed by atoms with Gasteiger partial charge in [-0.15, -0.1) is 0 Å².